The maximum absolute atomic E-state index is 6.49. The molecule has 4 unspecified atom stereocenters. The highest BCUT2D eigenvalue weighted by Crippen LogP contribution is 2.43. The topological polar surface area (TPSA) is 38.5 Å². The lowest BCUT2D eigenvalue weighted by Gasteiger charge is -2.43. The first-order chi connectivity index (χ1) is 9.62. The van der Waals surface area contributed by atoms with Gasteiger partial charge in [-0.1, -0.05) is 26.7 Å². The summed E-state index contributed by atoms with van der Waals surface area (Å²) in [5, 5.41) is 0. The van der Waals surface area contributed by atoms with E-state index < -0.39 is 0 Å². The second kappa shape index (κ2) is 5.94. The van der Waals surface area contributed by atoms with Crippen LogP contribution in [0.2, 0.25) is 0 Å². The van der Waals surface area contributed by atoms with Crippen molar-refractivity contribution in [2.24, 2.45) is 17.6 Å². The van der Waals surface area contributed by atoms with E-state index in [1.54, 1.807) is 0 Å². The molecule has 2 heterocycles. The molecule has 3 heteroatoms. The van der Waals surface area contributed by atoms with Crippen molar-refractivity contribution >= 4 is 0 Å². The Morgan fingerprint density at radius 3 is 2.65 bits per heavy atom. The summed E-state index contributed by atoms with van der Waals surface area (Å²) in [6.07, 6.45) is 9.69. The van der Waals surface area contributed by atoms with Crippen molar-refractivity contribution in [3.63, 3.8) is 0 Å². The zero-order valence-corrected chi connectivity index (χ0v) is 13.3. The van der Waals surface area contributed by atoms with Crippen molar-refractivity contribution in [2.45, 2.75) is 76.5 Å². The van der Waals surface area contributed by atoms with Crippen LogP contribution in [-0.4, -0.2) is 42.3 Å². The molecule has 3 aliphatic rings. The third kappa shape index (κ3) is 2.90. The fourth-order valence-electron chi connectivity index (χ4n) is 5.03. The van der Waals surface area contributed by atoms with Gasteiger partial charge in [0.05, 0.1) is 11.7 Å². The predicted molar refractivity (Wildman–Crippen MR) is 82.7 cm³/mol. The molecule has 1 saturated carbocycles. The van der Waals surface area contributed by atoms with E-state index in [1.807, 2.05) is 0 Å². The van der Waals surface area contributed by atoms with Gasteiger partial charge in [-0.05, 0) is 43.9 Å². The predicted octanol–water partition coefficient (Wildman–Crippen LogP) is 2.78. The van der Waals surface area contributed by atoms with Crippen molar-refractivity contribution in [3.05, 3.63) is 0 Å². The summed E-state index contributed by atoms with van der Waals surface area (Å²) >= 11 is 0. The Kier molecular flexibility index (Phi) is 4.40. The molecule has 3 rings (SSSR count). The minimum absolute atomic E-state index is 0.274. The Morgan fingerprint density at radius 2 is 1.95 bits per heavy atom. The van der Waals surface area contributed by atoms with Crippen molar-refractivity contribution < 1.29 is 4.74 Å². The Balaban J connectivity index is 1.59. The molecule has 2 N–H and O–H groups in total. The van der Waals surface area contributed by atoms with Crippen LogP contribution in [0.3, 0.4) is 0 Å². The van der Waals surface area contributed by atoms with E-state index >= 15 is 0 Å². The Bertz CT molecular complexity index is 327. The molecule has 0 amide bonds. The second-order valence-electron chi connectivity index (χ2n) is 7.74. The molecule has 2 saturated heterocycles. The lowest BCUT2D eigenvalue weighted by atomic mass is 9.85. The number of nitrogens with zero attached hydrogens (tertiary/aromatic N) is 1. The van der Waals surface area contributed by atoms with Gasteiger partial charge in [0, 0.05) is 25.7 Å². The molecule has 0 bridgehead atoms. The highest BCUT2D eigenvalue weighted by molar-refractivity contribution is 4.95. The van der Waals surface area contributed by atoms with Gasteiger partial charge in [0.1, 0.15) is 0 Å². The first-order valence-electron chi connectivity index (χ1n) is 8.74. The van der Waals surface area contributed by atoms with Gasteiger partial charge in [0.25, 0.3) is 0 Å². The fraction of sp³-hybridized carbons (Fsp3) is 1.00. The maximum atomic E-state index is 6.49. The van der Waals surface area contributed by atoms with Crippen molar-refractivity contribution in [1.82, 2.24) is 4.90 Å². The third-order valence-electron chi connectivity index (χ3n) is 5.98. The van der Waals surface area contributed by atoms with Crippen LogP contribution in [0.15, 0.2) is 0 Å². The number of likely N-dealkylation sites (tertiary alicyclic amines) is 1. The average molecular weight is 280 g/mol. The van der Waals surface area contributed by atoms with Gasteiger partial charge in [-0.3, -0.25) is 4.90 Å². The number of hydrogen-bond donors (Lipinski definition) is 1. The summed E-state index contributed by atoms with van der Waals surface area (Å²) in [5.74, 6) is 1.53. The number of piperidine rings is 1. The summed E-state index contributed by atoms with van der Waals surface area (Å²) < 4.78 is 6.49. The SMILES string of the molecule is CC1CC(C)C(CN)N(CC2CCC3(CCCC3)O2)C1. The summed E-state index contributed by atoms with van der Waals surface area (Å²) in [6, 6.07) is 0.565. The first kappa shape index (κ1) is 14.8. The Labute approximate surface area is 124 Å². The zero-order valence-electron chi connectivity index (χ0n) is 13.3. The highest BCUT2D eigenvalue weighted by atomic mass is 16.5. The lowest BCUT2D eigenvalue weighted by Crippen LogP contribution is -2.53. The van der Waals surface area contributed by atoms with Gasteiger partial charge in [0.2, 0.25) is 0 Å². The van der Waals surface area contributed by atoms with Crippen LogP contribution in [0.1, 0.15) is 58.8 Å². The van der Waals surface area contributed by atoms with Crippen LogP contribution < -0.4 is 5.73 Å². The largest absolute Gasteiger partial charge is 0.370 e. The van der Waals surface area contributed by atoms with E-state index in [4.69, 9.17) is 10.5 Å². The number of nitrogens with two attached hydrogens (primary N) is 1. The average Bonchev–Trinajstić information content (AvgIpc) is 3.00. The van der Waals surface area contributed by atoms with E-state index in [-0.39, 0.29) is 5.60 Å². The molecule has 4 atom stereocenters. The minimum atomic E-state index is 0.274. The summed E-state index contributed by atoms with van der Waals surface area (Å²) in [5.41, 5.74) is 6.31. The molecule has 2 aliphatic heterocycles. The molecule has 116 valence electrons. The van der Waals surface area contributed by atoms with Crippen LogP contribution >= 0.6 is 0 Å². The standard InChI is InChI=1S/C17H32N2O/c1-13-9-14(2)16(10-18)19(11-13)12-15-5-8-17(20-15)6-3-4-7-17/h13-16H,3-12,18H2,1-2H3. The van der Waals surface area contributed by atoms with E-state index in [1.165, 1.54) is 51.5 Å². The molecular weight excluding hydrogens is 248 g/mol. The number of hydrogen-bond acceptors (Lipinski definition) is 3. The van der Waals surface area contributed by atoms with Crippen molar-refractivity contribution in [3.8, 4) is 0 Å². The van der Waals surface area contributed by atoms with Gasteiger partial charge in [-0.15, -0.1) is 0 Å². The third-order valence-corrected chi connectivity index (χ3v) is 5.98. The summed E-state index contributed by atoms with van der Waals surface area (Å²) in [6.45, 7) is 7.86. The summed E-state index contributed by atoms with van der Waals surface area (Å²) in [7, 11) is 0. The Hall–Kier alpha value is -0.120. The van der Waals surface area contributed by atoms with Gasteiger partial charge in [-0.2, -0.15) is 0 Å². The zero-order chi connectivity index (χ0) is 14.2. The monoisotopic (exact) mass is 280 g/mol. The highest BCUT2D eigenvalue weighted by Gasteiger charge is 2.43. The molecular formula is C17H32N2O. The maximum Gasteiger partial charge on any atom is 0.0710 e. The van der Waals surface area contributed by atoms with Gasteiger partial charge in [0.15, 0.2) is 0 Å². The lowest BCUT2D eigenvalue weighted by molar-refractivity contribution is -0.0603. The molecule has 3 nitrogen and oxygen atoms in total. The van der Waals surface area contributed by atoms with Gasteiger partial charge in [-0.25, -0.2) is 0 Å². The number of ether oxygens (including phenoxy) is 1. The van der Waals surface area contributed by atoms with Crippen LogP contribution in [0, 0.1) is 11.8 Å². The fourth-order valence-corrected chi connectivity index (χ4v) is 5.03. The molecule has 3 fully saturated rings. The van der Waals surface area contributed by atoms with Crippen molar-refractivity contribution in [1.29, 1.82) is 0 Å². The smallest absolute Gasteiger partial charge is 0.0710 e. The molecule has 0 aromatic rings. The van der Waals surface area contributed by atoms with E-state index in [0.717, 1.165) is 24.9 Å². The molecule has 1 aliphatic carbocycles. The van der Waals surface area contributed by atoms with Crippen LogP contribution in [-0.2, 0) is 4.74 Å². The Morgan fingerprint density at radius 1 is 1.20 bits per heavy atom. The second-order valence-corrected chi connectivity index (χ2v) is 7.74. The van der Waals surface area contributed by atoms with E-state index in [2.05, 4.69) is 18.7 Å². The number of rotatable bonds is 3. The van der Waals surface area contributed by atoms with Crippen LogP contribution in [0.5, 0.6) is 0 Å². The van der Waals surface area contributed by atoms with Crippen LogP contribution in [0.25, 0.3) is 0 Å². The van der Waals surface area contributed by atoms with E-state index in [0.29, 0.717) is 12.1 Å². The van der Waals surface area contributed by atoms with Crippen LogP contribution in [0.4, 0.5) is 0 Å². The molecule has 20 heavy (non-hydrogen) atoms. The minimum Gasteiger partial charge on any atom is -0.370 e. The molecule has 0 aromatic heterocycles. The summed E-state index contributed by atoms with van der Waals surface area (Å²) in [4.78, 5) is 2.64. The molecule has 0 radical (unpaired) electrons. The molecule has 0 aromatic carbocycles. The first-order valence-corrected chi connectivity index (χ1v) is 8.74. The van der Waals surface area contributed by atoms with Gasteiger partial charge >= 0.3 is 0 Å². The van der Waals surface area contributed by atoms with E-state index in [9.17, 15) is 0 Å². The quantitative estimate of drug-likeness (QED) is 0.864. The van der Waals surface area contributed by atoms with Gasteiger partial charge < -0.3 is 10.5 Å². The van der Waals surface area contributed by atoms with Crippen molar-refractivity contribution in [2.75, 3.05) is 19.6 Å². The molecule has 1 spiro atoms. The normalized spacial score (nSPS) is 41.5.